The lowest BCUT2D eigenvalue weighted by Crippen LogP contribution is -2.17. The van der Waals surface area contributed by atoms with Gasteiger partial charge in [-0.3, -0.25) is 0 Å². The van der Waals surface area contributed by atoms with Crippen LogP contribution in [0.15, 0.2) is 24.4 Å². The highest BCUT2D eigenvalue weighted by Crippen LogP contribution is 2.21. The molecular weight excluding hydrogens is 267 g/mol. The molecule has 0 aliphatic carbocycles. The quantitative estimate of drug-likeness (QED) is 0.824. The molecule has 0 aliphatic rings. The molecule has 0 spiro atoms. The smallest absolute Gasteiger partial charge is 0.311 e. The van der Waals surface area contributed by atoms with Crippen LogP contribution in [0.3, 0.4) is 0 Å². The first kappa shape index (κ1) is 14.8. The lowest BCUT2D eigenvalue weighted by Gasteiger charge is -2.07. The molecule has 0 unspecified atom stereocenters. The van der Waals surface area contributed by atoms with Crippen molar-refractivity contribution in [2.24, 2.45) is 0 Å². The number of halogens is 3. The fourth-order valence-electron chi connectivity index (χ4n) is 2.16. The average Bonchev–Trinajstić information content (AvgIpc) is 2.68. The molecule has 2 aromatic rings. The van der Waals surface area contributed by atoms with E-state index < -0.39 is 12.6 Å². The van der Waals surface area contributed by atoms with E-state index in [0.717, 1.165) is 17.0 Å². The Labute approximate surface area is 115 Å². The van der Waals surface area contributed by atoms with Gasteiger partial charge in [0.15, 0.2) is 0 Å². The van der Waals surface area contributed by atoms with Crippen LogP contribution in [0.2, 0.25) is 0 Å². The number of nitrogens with one attached hydrogen (secondary N) is 1. The van der Waals surface area contributed by atoms with Crippen molar-refractivity contribution < 1.29 is 13.2 Å². The van der Waals surface area contributed by atoms with Crippen molar-refractivity contribution in [1.29, 1.82) is 0 Å². The van der Waals surface area contributed by atoms with E-state index in [1.165, 1.54) is 0 Å². The first-order valence-corrected chi connectivity index (χ1v) is 6.67. The Bertz CT molecular complexity index is 560. The molecule has 0 aliphatic heterocycles. The molecule has 20 heavy (non-hydrogen) atoms. The van der Waals surface area contributed by atoms with Crippen LogP contribution in [0.4, 0.5) is 13.2 Å². The molecule has 0 bridgehead atoms. The first-order valence-electron chi connectivity index (χ1n) is 6.67. The van der Waals surface area contributed by atoms with Gasteiger partial charge in [0.05, 0.1) is 11.4 Å². The lowest BCUT2D eigenvalue weighted by molar-refractivity contribution is -0.135. The number of hydrogen-bond donors (Lipinski definition) is 1. The molecule has 0 fully saturated rings. The van der Waals surface area contributed by atoms with E-state index in [-0.39, 0.29) is 6.42 Å². The number of imidazole rings is 1. The lowest BCUT2D eigenvalue weighted by atomic mass is 10.2. The number of alkyl halides is 3. The Morgan fingerprint density at radius 2 is 2.05 bits per heavy atom. The van der Waals surface area contributed by atoms with Crippen LogP contribution in [0, 0.1) is 6.92 Å². The van der Waals surface area contributed by atoms with Crippen molar-refractivity contribution in [3.05, 3.63) is 35.8 Å². The Kier molecular flexibility index (Phi) is 4.65. The zero-order valence-electron chi connectivity index (χ0n) is 11.4. The van der Waals surface area contributed by atoms with Gasteiger partial charge in [-0.05, 0) is 38.4 Å². The van der Waals surface area contributed by atoms with E-state index in [0.29, 0.717) is 19.5 Å². The molecule has 0 amide bonds. The second-order valence-corrected chi connectivity index (χ2v) is 4.82. The molecule has 0 radical (unpaired) electrons. The van der Waals surface area contributed by atoms with Crippen LogP contribution >= 0.6 is 0 Å². The molecule has 6 heteroatoms. The number of fused-ring (bicyclic) bond motifs is 1. The van der Waals surface area contributed by atoms with Crippen LogP contribution in [-0.2, 0) is 6.54 Å². The highest BCUT2D eigenvalue weighted by Gasteiger charge is 2.25. The van der Waals surface area contributed by atoms with Gasteiger partial charge in [-0.25, -0.2) is 4.98 Å². The summed E-state index contributed by atoms with van der Waals surface area (Å²) in [5.41, 5.74) is 2.88. The summed E-state index contributed by atoms with van der Waals surface area (Å²) in [6.45, 7) is 3.13. The number of nitrogens with zero attached hydrogens (tertiary/aromatic N) is 2. The highest BCUT2D eigenvalue weighted by molar-refractivity contribution is 5.42. The van der Waals surface area contributed by atoms with E-state index in [2.05, 4.69) is 10.3 Å². The van der Waals surface area contributed by atoms with Gasteiger partial charge in [-0.1, -0.05) is 6.07 Å². The van der Waals surface area contributed by atoms with Crippen molar-refractivity contribution >= 4 is 5.65 Å². The fourth-order valence-corrected chi connectivity index (χ4v) is 2.16. The Balaban J connectivity index is 1.80. The highest BCUT2D eigenvalue weighted by atomic mass is 19.4. The molecule has 0 atom stereocenters. The first-order chi connectivity index (χ1) is 9.47. The van der Waals surface area contributed by atoms with Crippen LogP contribution in [0.5, 0.6) is 0 Å². The molecule has 110 valence electrons. The molecule has 2 rings (SSSR count). The summed E-state index contributed by atoms with van der Waals surface area (Å²) in [7, 11) is 0. The molecule has 1 N–H and O–H groups in total. The van der Waals surface area contributed by atoms with Crippen molar-refractivity contribution in [3.63, 3.8) is 0 Å². The maximum atomic E-state index is 12.0. The summed E-state index contributed by atoms with van der Waals surface area (Å²) in [6, 6.07) is 5.79. The molecule has 2 heterocycles. The summed E-state index contributed by atoms with van der Waals surface area (Å²) in [4.78, 5) is 4.43. The van der Waals surface area contributed by atoms with Gasteiger partial charge < -0.3 is 9.72 Å². The third kappa shape index (κ3) is 3.96. The van der Waals surface area contributed by atoms with E-state index in [1.807, 2.05) is 35.7 Å². The minimum absolute atomic E-state index is 0.169. The topological polar surface area (TPSA) is 29.3 Å². The van der Waals surface area contributed by atoms with Gasteiger partial charge in [0.2, 0.25) is 0 Å². The second-order valence-electron chi connectivity index (χ2n) is 4.82. The van der Waals surface area contributed by atoms with Crippen LogP contribution in [-0.4, -0.2) is 22.1 Å². The van der Waals surface area contributed by atoms with Gasteiger partial charge >= 0.3 is 6.18 Å². The third-order valence-electron chi connectivity index (χ3n) is 3.19. The molecular formula is C14H18F3N3. The van der Waals surface area contributed by atoms with Gasteiger partial charge in [0.25, 0.3) is 0 Å². The zero-order valence-corrected chi connectivity index (χ0v) is 11.4. The zero-order chi connectivity index (χ0) is 14.6. The third-order valence-corrected chi connectivity index (χ3v) is 3.19. The predicted molar refractivity (Wildman–Crippen MR) is 71.5 cm³/mol. The largest absolute Gasteiger partial charge is 0.389 e. The predicted octanol–water partition coefficient (Wildman–Crippen LogP) is 3.46. The number of hydrogen-bond acceptors (Lipinski definition) is 2. The van der Waals surface area contributed by atoms with Crippen LogP contribution < -0.4 is 5.32 Å². The van der Waals surface area contributed by atoms with Gasteiger partial charge in [0, 0.05) is 19.2 Å². The number of aromatic nitrogens is 2. The van der Waals surface area contributed by atoms with Crippen molar-refractivity contribution in [2.45, 2.75) is 38.9 Å². The number of rotatable bonds is 6. The standard InChI is InChI=1S/C14H18F3N3/c1-11-12(20-9-5-2-6-13(20)19-11)10-18-8-4-3-7-14(15,16)17/h2,5-6,9,18H,3-4,7-8,10H2,1H3. The number of aryl methyl sites for hydroxylation is 1. The van der Waals surface area contributed by atoms with Crippen molar-refractivity contribution in [2.75, 3.05) is 6.54 Å². The number of unbranched alkanes of at least 4 members (excludes halogenated alkanes) is 1. The summed E-state index contributed by atoms with van der Waals surface area (Å²) < 4.78 is 37.9. The normalized spacial score (nSPS) is 12.2. The molecule has 3 nitrogen and oxygen atoms in total. The van der Waals surface area contributed by atoms with E-state index in [1.54, 1.807) is 0 Å². The van der Waals surface area contributed by atoms with Crippen LogP contribution in [0.25, 0.3) is 5.65 Å². The molecule has 0 saturated heterocycles. The SMILES string of the molecule is Cc1nc2ccccn2c1CNCCCCC(F)(F)F. The van der Waals surface area contributed by atoms with E-state index in [4.69, 9.17) is 0 Å². The van der Waals surface area contributed by atoms with Crippen LogP contribution in [0.1, 0.15) is 30.7 Å². The summed E-state index contributed by atoms with van der Waals surface area (Å²) in [5.74, 6) is 0. The second kappa shape index (κ2) is 6.26. The van der Waals surface area contributed by atoms with Gasteiger partial charge in [-0.2, -0.15) is 13.2 Å². The summed E-state index contributed by atoms with van der Waals surface area (Å²) >= 11 is 0. The maximum Gasteiger partial charge on any atom is 0.389 e. The van der Waals surface area contributed by atoms with E-state index >= 15 is 0 Å². The molecule has 0 saturated carbocycles. The summed E-state index contributed by atoms with van der Waals surface area (Å²) in [5, 5.41) is 3.18. The average molecular weight is 285 g/mol. The maximum absolute atomic E-state index is 12.0. The minimum Gasteiger partial charge on any atom is -0.311 e. The summed E-state index contributed by atoms with van der Waals surface area (Å²) in [6.07, 6.45) is -2.12. The Morgan fingerprint density at radius 1 is 1.25 bits per heavy atom. The van der Waals surface area contributed by atoms with Crippen molar-refractivity contribution in [3.8, 4) is 0 Å². The monoisotopic (exact) mass is 285 g/mol. The number of pyridine rings is 1. The van der Waals surface area contributed by atoms with Gasteiger partial charge in [0.1, 0.15) is 5.65 Å². The molecule has 2 aromatic heterocycles. The van der Waals surface area contributed by atoms with Crippen molar-refractivity contribution in [1.82, 2.24) is 14.7 Å². The fraction of sp³-hybridized carbons (Fsp3) is 0.500. The van der Waals surface area contributed by atoms with E-state index in [9.17, 15) is 13.2 Å². The Hall–Kier alpha value is -1.56. The molecule has 0 aromatic carbocycles. The minimum atomic E-state index is -4.04. The Morgan fingerprint density at radius 3 is 2.80 bits per heavy atom. The van der Waals surface area contributed by atoms with Gasteiger partial charge in [-0.15, -0.1) is 0 Å².